The summed E-state index contributed by atoms with van der Waals surface area (Å²) < 4.78 is 0. The molecule has 2 atom stereocenters. The summed E-state index contributed by atoms with van der Waals surface area (Å²) >= 11 is 15.7. The van der Waals surface area contributed by atoms with E-state index in [-0.39, 0.29) is 0 Å². The maximum absolute atomic E-state index is 5.74. The van der Waals surface area contributed by atoms with Crippen molar-refractivity contribution < 1.29 is 0 Å². The Labute approximate surface area is 504 Å². The zero-order chi connectivity index (χ0) is 52.4. The van der Waals surface area contributed by atoms with Crippen LogP contribution in [0.15, 0.2) is 170 Å². The average molecular weight is 1630 g/mol. The number of benzene rings is 6. The molecule has 0 aromatic heterocycles. The second-order valence-electron chi connectivity index (χ2n) is 15.1. The van der Waals surface area contributed by atoms with Crippen molar-refractivity contribution >= 4 is 289 Å². The fourth-order valence-electron chi connectivity index (χ4n) is 4.55. The molecule has 2 unspecified atom stereocenters. The van der Waals surface area contributed by atoms with Crippen LogP contribution in [0.25, 0.3) is 0 Å². The van der Waals surface area contributed by atoms with Gasteiger partial charge in [0.2, 0.25) is 0 Å². The molecule has 0 heterocycles. The van der Waals surface area contributed by atoms with E-state index in [2.05, 4.69) is 263 Å². The molecule has 0 saturated heterocycles. The zero-order valence-electron chi connectivity index (χ0n) is 40.0. The van der Waals surface area contributed by atoms with Gasteiger partial charge in [0.1, 0.15) is 0 Å². The number of para-hydroxylation sites is 4. The molecule has 6 rings (SSSR count). The van der Waals surface area contributed by atoms with Gasteiger partial charge in [0.15, 0.2) is 0 Å². The molecule has 0 spiro atoms. The second-order valence-corrected chi connectivity index (χ2v) is 76.0. The van der Waals surface area contributed by atoms with E-state index in [1.807, 2.05) is 24.3 Å². The van der Waals surface area contributed by atoms with Gasteiger partial charge in [-0.15, -0.1) is 18.5 Å². The molecule has 2 nitrogen and oxygen atoms in total. The van der Waals surface area contributed by atoms with Crippen LogP contribution >= 0.6 is 27.4 Å². The summed E-state index contributed by atoms with van der Waals surface area (Å²) in [6, 6.07) is 58.7. The van der Waals surface area contributed by atoms with E-state index in [1.165, 1.54) is 46.1 Å². The molecule has 0 aliphatic rings. The summed E-state index contributed by atoms with van der Waals surface area (Å²) in [6.45, 7) is 0. The van der Waals surface area contributed by atoms with Crippen molar-refractivity contribution in [2.24, 2.45) is 0 Å². The van der Waals surface area contributed by atoms with E-state index in [0.29, 0.717) is 0 Å². The molecule has 0 aliphatic heterocycles. The van der Waals surface area contributed by atoms with Gasteiger partial charge in [0, 0.05) is 194 Å². The molecule has 6 aromatic carbocycles. The van der Waals surface area contributed by atoms with Crippen molar-refractivity contribution in [3.63, 3.8) is 0 Å². The quantitative estimate of drug-likeness (QED) is 0.120. The third kappa shape index (κ3) is 42.3. The van der Waals surface area contributed by atoms with Crippen molar-refractivity contribution in [1.82, 2.24) is 0 Å². The molecular weight excluding hydrogens is 1570 g/mol. The molecule has 70 heavy (non-hydrogen) atoms. The molecule has 6 aromatic rings. The third-order valence-electron chi connectivity index (χ3n) is 6.67. The van der Waals surface area contributed by atoms with Crippen LogP contribution in [0.1, 0.15) is 0 Å². The van der Waals surface area contributed by atoms with Crippen LogP contribution in [0, 0.1) is 0 Å². The van der Waals surface area contributed by atoms with Crippen LogP contribution < -0.4 is 20.4 Å². The molecule has 2 radical (unpaired) electrons. The molecule has 0 amide bonds. The van der Waals surface area contributed by atoms with E-state index < -0.39 is 56.8 Å². The van der Waals surface area contributed by atoms with Gasteiger partial charge in [-0.25, -0.2) is 0 Å². The van der Waals surface area contributed by atoms with Gasteiger partial charge < -0.3 is 9.80 Å². The van der Waals surface area contributed by atoms with Crippen molar-refractivity contribution in [2.75, 3.05) is 9.80 Å². The van der Waals surface area contributed by atoms with Gasteiger partial charge in [-0.1, -0.05) is 97.1 Å². The molecule has 0 saturated carbocycles. The summed E-state index contributed by atoms with van der Waals surface area (Å²) in [4.78, 5) is 25.2. The van der Waals surface area contributed by atoms with E-state index in [1.54, 1.807) is 79.9 Å². The minimum absolute atomic E-state index is 0.543. The number of nitrogens with zero attached hydrogens (tertiary/aromatic N) is 2. The Hall–Kier alpha value is 2.21. The minimum atomic E-state index is -1.71. The first-order valence-electron chi connectivity index (χ1n) is 20.4. The van der Waals surface area contributed by atoms with Crippen LogP contribution in [-0.2, 0) is 160 Å². The molecule has 0 bridgehead atoms. The van der Waals surface area contributed by atoms with Gasteiger partial charge in [0.25, 0.3) is 0 Å². The van der Waals surface area contributed by atoms with Gasteiger partial charge in [-0.3, -0.25) is 0 Å². The molecule has 0 aliphatic carbocycles. The SMILES string of the molecule is Pc1ccc(N(c2ccccc2)c2ccccc2)cc1.Pc1ccc(N(c2ccccc2)c2ccccc2)cc1.S=S=S=S=S=S=S=S.S=S=S=S=S=S=S=S=S.[CH3][Sn]([CH3])([CH3])[Cl].[CH3][Sn]([CH3])[CH3].[CH3][Sn]([CH3])[CH3]. The Bertz CT molecular complexity index is 2640. The van der Waals surface area contributed by atoms with Gasteiger partial charge in [-0.05, 0) is 83.4 Å². The van der Waals surface area contributed by atoms with Crippen LogP contribution in [0.2, 0.25) is 44.5 Å². The van der Waals surface area contributed by atoms with Gasteiger partial charge in [0.05, 0.1) is 0 Å². The van der Waals surface area contributed by atoms with Crippen molar-refractivity contribution in [3.8, 4) is 0 Å². The molecule has 25 heteroatoms. The van der Waals surface area contributed by atoms with E-state index in [9.17, 15) is 0 Å². The predicted octanol–water partition coefficient (Wildman–Crippen LogP) is 14.1. The molecular formula is C45H59ClN2P2S17Sn3. The Morgan fingerprint density at radius 1 is 0.343 bits per heavy atom. The Morgan fingerprint density at radius 2 is 0.500 bits per heavy atom. The van der Waals surface area contributed by atoms with Gasteiger partial charge in [-0.2, -0.15) is 0 Å². The molecule has 0 N–H and O–H groups in total. The summed E-state index contributed by atoms with van der Waals surface area (Å²) in [7, 11) is 31.2. The van der Waals surface area contributed by atoms with Gasteiger partial charge >= 0.3 is 110 Å². The summed E-state index contributed by atoms with van der Waals surface area (Å²) in [5.74, 6) is 0. The van der Waals surface area contributed by atoms with Crippen molar-refractivity contribution in [3.05, 3.63) is 170 Å². The Balaban J connectivity index is 0.000000881. The van der Waals surface area contributed by atoms with Crippen LogP contribution in [0.4, 0.5) is 34.1 Å². The maximum atomic E-state index is 5.74. The van der Waals surface area contributed by atoms with E-state index >= 15 is 0 Å². The summed E-state index contributed by atoms with van der Waals surface area (Å²) in [5.41, 5.74) is 6.97. The number of hydrogen-bond acceptors (Lipinski definition) is 6. The van der Waals surface area contributed by atoms with E-state index in [4.69, 9.17) is 8.92 Å². The number of anilines is 6. The molecule has 380 valence electrons. The summed E-state index contributed by atoms with van der Waals surface area (Å²) in [6.07, 6.45) is 0. The number of halogens is 1. The van der Waals surface area contributed by atoms with Crippen LogP contribution in [-0.4, -0.2) is 56.8 Å². The van der Waals surface area contributed by atoms with E-state index in [0.717, 1.165) is 34.1 Å². The number of rotatable bonds is 6. The Kier molecular flexibility index (Phi) is 49.9. The first-order chi connectivity index (χ1) is 33.5. The zero-order valence-corrected chi connectivity index (χ0v) is 65.5. The van der Waals surface area contributed by atoms with Crippen LogP contribution in [0.5, 0.6) is 0 Å². The topological polar surface area (TPSA) is 6.48 Å². The average Bonchev–Trinajstić information content (AvgIpc) is 3.33. The standard InChI is InChI=1S/2C18H16NP.9CH3.ClH.S9.S8.3Sn/c2*20-18-13-11-17(12-14-18)19(15-7-3-1-4-8-15)16-9-5-2-6-10-16;;;;;;;;;;;1-3-5-7-9-8-6-4-2;1-3-5-7-8-6-4-2;;;/h2*1-14H,20H2;9*1H3;1H;;;;;/q;;;;;;;;;;;;;;;;+1/p-1. The predicted molar refractivity (Wildman–Crippen MR) is 382 cm³/mol. The van der Waals surface area contributed by atoms with Crippen molar-refractivity contribution in [1.29, 1.82) is 0 Å². The second kappa shape index (κ2) is 48.3. The third-order valence-corrected chi connectivity index (χ3v) is 31.9. The Morgan fingerprint density at radius 3 is 0.671 bits per heavy atom. The molecule has 0 fully saturated rings. The van der Waals surface area contributed by atoms with Crippen LogP contribution in [0.3, 0.4) is 0 Å². The first kappa shape index (κ1) is 72.2. The normalized spacial score (nSPS) is 9.34. The van der Waals surface area contributed by atoms with Crippen molar-refractivity contribution in [2.45, 2.75) is 44.5 Å². The summed E-state index contributed by atoms with van der Waals surface area (Å²) in [5, 5.41) is 2.38. The fraction of sp³-hybridized carbons (Fsp3) is 0.200. The fourth-order valence-corrected chi connectivity index (χ4v) is 29.6. The first-order valence-corrected chi connectivity index (χ1v) is 70.8. The monoisotopic (exact) mass is 1630 g/mol. The number of hydrogen-bond donors (Lipinski definition) is 0.